The number of halogens is 4. The van der Waals surface area contributed by atoms with Crippen molar-refractivity contribution in [3.63, 3.8) is 0 Å². The van der Waals surface area contributed by atoms with Crippen LogP contribution in [0.4, 0.5) is 22.4 Å². The fourth-order valence-electron chi connectivity index (χ4n) is 1.68. The summed E-state index contributed by atoms with van der Waals surface area (Å²) in [5.74, 6) is -0.993. The molecule has 4 nitrogen and oxygen atoms in total. The smallest absolute Gasteiger partial charge is 0.396 e. The normalized spacial score (nSPS) is 12.9. The highest BCUT2D eigenvalue weighted by molar-refractivity contribution is 5.74. The third-order valence-corrected chi connectivity index (χ3v) is 2.76. The van der Waals surface area contributed by atoms with Gasteiger partial charge in [-0.3, -0.25) is 0 Å². The standard InChI is InChI=1S/C13H16F4N2O2/c1-8(4-5-20)19-12(21)18-7-9-2-3-10(14)6-11(9)13(15,16)17/h2-3,6,8,20H,4-5,7H2,1H3,(H2,18,19,21)/t8-/m1/s1. The van der Waals surface area contributed by atoms with Gasteiger partial charge in [0.2, 0.25) is 0 Å². The van der Waals surface area contributed by atoms with Gasteiger partial charge in [-0.2, -0.15) is 13.2 Å². The van der Waals surface area contributed by atoms with E-state index in [-0.39, 0.29) is 24.8 Å². The number of rotatable bonds is 5. The van der Waals surface area contributed by atoms with E-state index >= 15 is 0 Å². The summed E-state index contributed by atoms with van der Waals surface area (Å²) < 4.78 is 51.1. The van der Waals surface area contributed by atoms with E-state index in [1.54, 1.807) is 6.92 Å². The fourth-order valence-corrected chi connectivity index (χ4v) is 1.68. The molecule has 0 aliphatic rings. The molecule has 0 bridgehead atoms. The lowest BCUT2D eigenvalue weighted by molar-refractivity contribution is -0.138. The van der Waals surface area contributed by atoms with Crippen molar-refractivity contribution in [1.82, 2.24) is 10.6 Å². The summed E-state index contributed by atoms with van der Waals surface area (Å²) in [7, 11) is 0. The van der Waals surface area contributed by atoms with E-state index in [0.717, 1.165) is 12.1 Å². The predicted molar refractivity (Wildman–Crippen MR) is 67.9 cm³/mol. The Kier molecular flexibility index (Phi) is 5.95. The molecule has 1 aromatic rings. The monoisotopic (exact) mass is 308 g/mol. The molecule has 21 heavy (non-hydrogen) atoms. The van der Waals surface area contributed by atoms with Crippen LogP contribution in [0.5, 0.6) is 0 Å². The molecule has 118 valence electrons. The molecule has 0 aliphatic carbocycles. The maximum atomic E-state index is 12.9. The third kappa shape index (κ3) is 5.58. The predicted octanol–water partition coefficient (Wildman–Crippen LogP) is 2.41. The Morgan fingerprint density at radius 1 is 1.38 bits per heavy atom. The van der Waals surface area contributed by atoms with Gasteiger partial charge >= 0.3 is 12.2 Å². The Balaban J connectivity index is 2.69. The summed E-state index contributed by atoms with van der Waals surface area (Å²) in [6.45, 7) is 1.15. The SMILES string of the molecule is C[C@H](CCO)NC(=O)NCc1ccc(F)cc1C(F)(F)F. The Bertz CT molecular complexity index is 492. The number of aliphatic hydroxyl groups is 1. The van der Waals surface area contributed by atoms with Crippen LogP contribution in [0, 0.1) is 5.82 Å². The van der Waals surface area contributed by atoms with Crippen LogP contribution in [0.1, 0.15) is 24.5 Å². The number of alkyl halides is 3. The van der Waals surface area contributed by atoms with Crippen molar-refractivity contribution < 1.29 is 27.5 Å². The number of nitrogens with one attached hydrogen (secondary N) is 2. The highest BCUT2D eigenvalue weighted by Crippen LogP contribution is 2.32. The van der Waals surface area contributed by atoms with Crippen molar-refractivity contribution >= 4 is 6.03 Å². The second-order valence-electron chi connectivity index (χ2n) is 4.54. The molecular weight excluding hydrogens is 292 g/mol. The van der Waals surface area contributed by atoms with Crippen LogP contribution in [0.3, 0.4) is 0 Å². The summed E-state index contributed by atoms with van der Waals surface area (Å²) in [6.07, 6.45) is -4.36. The zero-order valence-corrected chi connectivity index (χ0v) is 11.3. The molecule has 0 saturated heterocycles. The minimum Gasteiger partial charge on any atom is -0.396 e. The summed E-state index contributed by atoms with van der Waals surface area (Å²) >= 11 is 0. The molecule has 0 saturated carbocycles. The number of carbonyl (C=O) groups excluding carboxylic acids is 1. The number of benzene rings is 1. The van der Waals surface area contributed by atoms with Crippen LogP contribution in [0.2, 0.25) is 0 Å². The molecule has 1 rings (SSSR count). The minimum atomic E-state index is -4.69. The van der Waals surface area contributed by atoms with Gasteiger partial charge in [-0.15, -0.1) is 0 Å². The van der Waals surface area contributed by atoms with E-state index < -0.39 is 23.6 Å². The summed E-state index contributed by atoms with van der Waals surface area (Å²) in [4.78, 5) is 11.5. The van der Waals surface area contributed by atoms with Gasteiger partial charge in [-0.25, -0.2) is 9.18 Å². The van der Waals surface area contributed by atoms with Gasteiger partial charge in [0, 0.05) is 19.2 Å². The molecule has 8 heteroatoms. The molecule has 0 aromatic heterocycles. The van der Waals surface area contributed by atoms with Gasteiger partial charge in [0.25, 0.3) is 0 Å². The third-order valence-electron chi connectivity index (χ3n) is 2.76. The van der Waals surface area contributed by atoms with Gasteiger partial charge in [0.1, 0.15) is 5.82 Å². The Morgan fingerprint density at radius 2 is 2.05 bits per heavy atom. The maximum absolute atomic E-state index is 12.9. The van der Waals surface area contributed by atoms with Gasteiger partial charge in [-0.05, 0) is 31.0 Å². The summed E-state index contributed by atoms with van der Waals surface area (Å²) in [6, 6.07) is 1.30. The second-order valence-corrected chi connectivity index (χ2v) is 4.54. The molecule has 1 aromatic carbocycles. The Labute approximate surface area is 119 Å². The molecule has 0 aliphatic heterocycles. The largest absolute Gasteiger partial charge is 0.416 e. The quantitative estimate of drug-likeness (QED) is 0.732. The summed E-state index contributed by atoms with van der Waals surface area (Å²) in [5, 5.41) is 13.4. The first-order valence-electron chi connectivity index (χ1n) is 6.25. The van der Waals surface area contributed by atoms with Crippen LogP contribution < -0.4 is 10.6 Å². The molecular formula is C13H16F4N2O2. The highest BCUT2D eigenvalue weighted by Gasteiger charge is 2.33. The van der Waals surface area contributed by atoms with E-state index in [1.165, 1.54) is 0 Å². The van der Waals surface area contributed by atoms with E-state index in [2.05, 4.69) is 10.6 Å². The lowest BCUT2D eigenvalue weighted by atomic mass is 10.1. The first-order valence-corrected chi connectivity index (χ1v) is 6.25. The Hall–Kier alpha value is -1.83. The molecule has 0 heterocycles. The van der Waals surface area contributed by atoms with Crippen LogP contribution in [0.15, 0.2) is 18.2 Å². The molecule has 0 unspecified atom stereocenters. The average molecular weight is 308 g/mol. The fraction of sp³-hybridized carbons (Fsp3) is 0.462. The second kappa shape index (κ2) is 7.26. The topological polar surface area (TPSA) is 61.4 Å². The molecule has 3 N–H and O–H groups in total. The number of urea groups is 1. The van der Waals surface area contributed by atoms with Gasteiger partial charge in [-0.1, -0.05) is 6.07 Å². The first-order chi connectivity index (χ1) is 9.74. The van der Waals surface area contributed by atoms with E-state index in [0.29, 0.717) is 12.5 Å². The van der Waals surface area contributed by atoms with Gasteiger partial charge < -0.3 is 15.7 Å². The van der Waals surface area contributed by atoms with Crippen molar-refractivity contribution in [2.45, 2.75) is 32.1 Å². The minimum absolute atomic E-state index is 0.113. The van der Waals surface area contributed by atoms with E-state index in [4.69, 9.17) is 5.11 Å². The van der Waals surface area contributed by atoms with Crippen LogP contribution in [-0.2, 0) is 12.7 Å². The first kappa shape index (κ1) is 17.2. The van der Waals surface area contributed by atoms with Crippen molar-refractivity contribution in [2.24, 2.45) is 0 Å². The molecule has 1 atom stereocenters. The van der Waals surface area contributed by atoms with Crippen molar-refractivity contribution in [1.29, 1.82) is 0 Å². The number of aliphatic hydroxyl groups excluding tert-OH is 1. The number of hydrogen-bond acceptors (Lipinski definition) is 2. The van der Waals surface area contributed by atoms with Crippen molar-refractivity contribution in [3.8, 4) is 0 Å². The molecule has 0 radical (unpaired) electrons. The van der Waals surface area contributed by atoms with Crippen LogP contribution in [-0.4, -0.2) is 23.8 Å². The maximum Gasteiger partial charge on any atom is 0.416 e. The lowest BCUT2D eigenvalue weighted by Gasteiger charge is -2.16. The number of hydrogen-bond donors (Lipinski definition) is 3. The van der Waals surface area contributed by atoms with Gasteiger partial charge in [0.15, 0.2) is 0 Å². The Morgan fingerprint density at radius 3 is 2.62 bits per heavy atom. The zero-order valence-electron chi connectivity index (χ0n) is 11.3. The summed E-state index contributed by atoms with van der Waals surface area (Å²) in [5.41, 5.74) is -1.35. The van der Waals surface area contributed by atoms with Crippen LogP contribution >= 0.6 is 0 Å². The zero-order chi connectivity index (χ0) is 16.0. The van der Waals surface area contributed by atoms with Crippen molar-refractivity contribution in [2.75, 3.05) is 6.61 Å². The molecule has 0 fully saturated rings. The average Bonchev–Trinajstić information content (AvgIpc) is 2.36. The lowest BCUT2D eigenvalue weighted by Crippen LogP contribution is -2.41. The van der Waals surface area contributed by atoms with Crippen molar-refractivity contribution in [3.05, 3.63) is 35.1 Å². The van der Waals surface area contributed by atoms with E-state index in [1.807, 2.05) is 0 Å². The number of carbonyl (C=O) groups is 1. The van der Waals surface area contributed by atoms with Gasteiger partial charge in [0.05, 0.1) is 5.56 Å². The molecule has 0 spiro atoms. The van der Waals surface area contributed by atoms with Crippen LogP contribution in [0.25, 0.3) is 0 Å². The highest BCUT2D eigenvalue weighted by atomic mass is 19.4. The van der Waals surface area contributed by atoms with E-state index in [9.17, 15) is 22.4 Å². The molecule has 2 amide bonds. The number of amides is 2.